The van der Waals surface area contributed by atoms with Gasteiger partial charge in [-0.1, -0.05) is 58.5 Å². The molecule has 0 unspecified atom stereocenters. The van der Waals surface area contributed by atoms with Crippen LogP contribution in [0.3, 0.4) is 0 Å². The van der Waals surface area contributed by atoms with Crippen molar-refractivity contribution in [3.05, 3.63) is 53.7 Å². The predicted molar refractivity (Wildman–Crippen MR) is 152 cm³/mol. The van der Waals surface area contributed by atoms with Gasteiger partial charge in [0.2, 0.25) is 11.9 Å². The van der Waals surface area contributed by atoms with Gasteiger partial charge in [-0.2, -0.15) is 10.1 Å². The van der Waals surface area contributed by atoms with E-state index < -0.39 is 9.70 Å². The second kappa shape index (κ2) is 11.6. The van der Waals surface area contributed by atoms with Gasteiger partial charge < -0.3 is 26.2 Å². The number of hydrogen-bond acceptors (Lipinski definition) is 8. The average molecular weight is 597 g/mol. The number of nitrogens with zero attached hydrogens (tertiary/aromatic N) is 4. The monoisotopic (exact) mass is 595 g/mol. The van der Waals surface area contributed by atoms with Crippen LogP contribution in [0.15, 0.2) is 48.7 Å². The van der Waals surface area contributed by atoms with Crippen molar-refractivity contribution in [2.75, 3.05) is 41.9 Å². The number of amides is 2. The number of alkyl halides is 3. The van der Waals surface area contributed by atoms with Crippen LogP contribution in [-0.4, -0.2) is 61.3 Å². The van der Waals surface area contributed by atoms with E-state index in [-0.39, 0.29) is 29.2 Å². The highest BCUT2D eigenvalue weighted by Gasteiger charge is 2.31. The number of benzene rings is 2. The molecule has 0 aliphatic carbocycles. The van der Waals surface area contributed by atoms with E-state index in [1.807, 2.05) is 20.2 Å². The molecule has 2 aromatic carbocycles. The van der Waals surface area contributed by atoms with Crippen LogP contribution >= 0.6 is 46.4 Å². The molecule has 0 saturated carbocycles. The van der Waals surface area contributed by atoms with Crippen LogP contribution in [0.1, 0.15) is 0 Å². The summed E-state index contributed by atoms with van der Waals surface area (Å²) in [6.07, 6.45) is 1.43. The number of aromatic amines is 1. The van der Waals surface area contributed by atoms with Gasteiger partial charge >= 0.3 is 0 Å². The molecule has 0 aliphatic heterocycles. The standard InChI is InChI=1S/C23H21Cl4N9O2/c1-36(2)11-18(37)32-19-13-8-7-12(9-17(13)34-35-19)29-22-28-10-14(24)20(33-22)30-15-5-3-4-6-16(15)31-21(38)23(25,26)27/h3-10H,11H2,1-2H3,(H,31,38)(H2,28,29,30,33)(H2,32,34,35,37). The average Bonchev–Trinajstić information content (AvgIpc) is 3.23. The first-order chi connectivity index (χ1) is 18.0. The zero-order valence-electron chi connectivity index (χ0n) is 19.9. The highest BCUT2D eigenvalue weighted by molar-refractivity contribution is 6.76. The Morgan fingerprint density at radius 2 is 1.74 bits per heavy atom. The van der Waals surface area contributed by atoms with Gasteiger partial charge in [-0.15, -0.1) is 0 Å². The Morgan fingerprint density at radius 3 is 2.45 bits per heavy atom. The highest BCUT2D eigenvalue weighted by atomic mass is 35.6. The second-order valence-corrected chi connectivity index (χ2v) is 10.9. The zero-order valence-corrected chi connectivity index (χ0v) is 23.0. The molecular formula is C23H21Cl4N9O2. The lowest BCUT2D eigenvalue weighted by atomic mass is 10.2. The number of aromatic nitrogens is 4. The van der Waals surface area contributed by atoms with Crippen molar-refractivity contribution in [1.29, 1.82) is 0 Å². The van der Waals surface area contributed by atoms with Crippen molar-refractivity contribution < 1.29 is 9.59 Å². The first kappa shape index (κ1) is 27.7. The van der Waals surface area contributed by atoms with E-state index in [9.17, 15) is 9.59 Å². The van der Waals surface area contributed by atoms with Crippen LogP contribution in [0.4, 0.5) is 34.6 Å². The number of likely N-dealkylation sites (N-methyl/N-ethyl adjacent to an activating group) is 1. The molecule has 0 aliphatic rings. The molecule has 2 aromatic heterocycles. The normalized spacial score (nSPS) is 11.4. The quantitative estimate of drug-likeness (QED) is 0.173. The van der Waals surface area contributed by atoms with Crippen molar-refractivity contribution in [1.82, 2.24) is 25.1 Å². The highest BCUT2D eigenvalue weighted by Crippen LogP contribution is 2.32. The van der Waals surface area contributed by atoms with Gasteiger partial charge in [0, 0.05) is 11.1 Å². The summed E-state index contributed by atoms with van der Waals surface area (Å²) in [6.45, 7) is 0.238. The van der Waals surface area contributed by atoms with Crippen LogP contribution in [0.2, 0.25) is 5.02 Å². The van der Waals surface area contributed by atoms with Gasteiger partial charge in [-0.05, 0) is 44.4 Å². The van der Waals surface area contributed by atoms with Crippen LogP contribution < -0.4 is 21.3 Å². The Labute approximate surface area is 237 Å². The molecule has 5 N–H and O–H groups in total. The van der Waals surface area contributed by atoms with Gasteiger partial charge in [0.05, 0.1) is 29.6 Å². The molecule has 198 valence electrons. The minimum Gasteiger partial charge on any atom is -0.337 e. The molecule has 0 bridgehead atoms. The Hall–Kier alpha value is -3.35. The van der Waals surface area contributed by atoms with Crippen LogP contribution in [0.25, 0.3) is 10.9 Å². The number of hydrogen-bond donors (Lipinski definition) is 5. The Kier molecular flexibility index (Phi) is 8.44. The number of halogens is 4. The maximum absolute atomic E-state index is 12.1. The van der Waals surface area contributed by atoms with Crippen LogP contribution in [0.5, 0.6) is 0 Å². The number of para-hydroxylation sites is 2. The largest absolute Gasteiger partial charge is 0.337 e. The third kappa shape index (κ3) is 6.94. The molecule has 38 heavy (non-hydrogen) atoms. The van der Waals surface area contributed by atoms with Gasteiger partial charge in [-0.3, -0.25) is 14.7 Å². The summed E-state index contributed by atoms with van der Waals surface area (Å²) in [6, 6.07) is 12.2. The number of fused-ring (bicyclic) bond motifs is 1. The van der Waals surface area contributed by atoms with Crippen molar-refractivity contribution >= 4 is 104 Å². The van der Waals surface area contributed by atoms with Crippen LogP contribution in [0, 0.1) is 0 Å². The van der Waals surface area contributed by atoms with Crippen molar-refractivity contribution in [2.45, 2.75) is 3.79 Å². The molecule has 0 spiro atoms. The SMILES string of the molecule is CN(C)CC(=O)Nc1n[nH]c2cc(Nc3ncc(Cl)c(Nc4ccccc4NC(=O)C(Cl)(Cl)Cl)n3)ccc12. The van der Waals surface area contributed by atoms with Gasteiger partial charge in [-0.25, -0.2) is 4.98 Å². The number of anilines is 6. The number of carbonyl (C=O) groups is 2. The predicted octanol–water partition coefficient (Wildman–Crippen LogP) is 5.30. The molecule has 11 nitrogen and oxygen atoms in total. The fourth-order valence-electron chi connectivity index (χ4n) is 3.32. The summed E-state index contributed by atoms with van der Waals surface area (Å²) in [5.41, 5.74) is 2.17. The summed E-state index contributed by atoms with van der Waals surface area (Å²) in [4.78, 5) is 34.6. The van der Waals surface area contributed by atoms with E-state index in [2.05, 4.69) is 41.4 Å². The molecule has 0 saturated heterocycles. The van der Waals surface area contributed by atoms with Gasteiger partial charge in [0.15, 0.2) is 11.6 Å². The molecule has 0 atom stereocenters. The molecular weight excluding hydrogens is 576 g/mol. The van der Waals surface area contributed by atoms with Crippen molar-refractivity contribution in [3.63, 3.8) is 0 Å². The molecule has 4 rings (SSSR count). The van der Waals surface area contributed by atoms with Gasteiger partial charge in [0.25, 0.3) is 9.70 Å². The Bertz CT molecular complexity index is 1490. The molecule has 2 amide bonds. The summed E-state index contributed by atoms with van der Waals surface area (Å²) in [5, 5.41) is 19.6. The molecule has 15 heteroatoms. The minimum atomic E-state index is -2.13. The number of H-pyrrole nitrogens is 1. The van der Waals surface area contributed by atoms with E-state index in [1.165, 1.54) is 6.20 Å². The smallest absolute Gasteiger partial charge is 0.276 e. The Balaban J connectivity index is 1.51. The van der Waals surface area contributed by atoms with E-state index in [4.69, 9.17) is 46.4 Å². The summed E-state index contributed by atoms with van der Waals surface area (Å²) in [7, 11) is 3.62. The second-order valence-electron chi connectivity index (χ2n) is 8.26. The molecule has 4 aromatic rings. The number of carbonyl (C=O) groups excluding carboxylic acids is 2. The first-order valence-electron chi connectivity index (χ1n) is 11.0. The fourth-order valence-corrected chi connectivity index (χ4v) is 3.60. The van der Waals surface area contributed by atoms with Gasteiger partial charge in [0.1, 0.15) is 5.02 Å². The third-order valence-electron chi connectivity index (χ3n) is 4.97. The van der Waals surface area contributed by atoms with E-state index in [0.717, 1.165) is 5.39 Å². The lowest BCUT2D eigenvalue weighted by molar-refractivity contribution is -0.117. The number of rotatable bonds is 8. The lowest BCUT2D eigenvalue weighted by Crippen LogP contribution is -2.27. The molecule has 2 heterocycles. The summed E-state index contributed by atoms with van der Waals surface area (Å²) >= 11 is 23.3. The lowest BCUT2D eigenvalue weighted by Gasteiger charge is -2.16. The van der Waals surface area contributed by atoms with E-state index >= 15 is 0 Å². The Morgan fingerprint density at radius 1 is 1.00 bits per heavy atom. The van der Waals surface area contributed by atoms with Crippen LogP contribution in [-0.2, 0) is 9.59 Å². The van der Waals surface area contributed by atoms with E-state index in [0.29, 0.717) is 28.4 Å². The molecule has 0 fully saturated rings. The minimum absolute atomic E-state index is 0.173. The maximum Gasteiger partial charge on any atom is 0.276 e. The summed E-state index contributed by atoms with van der Waals surface area (Å²) < 4.78 is -2.13. The summed E-state index contributed by atoms with van der Waals surface area (Å²) in [5.74, 6) is -0.0318. The number of nitrogens with one attached hydrogen (secondary N) is 5. The van der Waals surface area contributed by atoms with Crippen molar-refractivity contribution in [3.8, 4) is 0 Å². The first-order valence-corrected chi connectivity index (χ1v) is 12.5. The third-order valence-corrected chi connectivity index (χ3v) is 5.76. The van der Waals surface area contributed by atoms with E-state index in [1.54, 1.807) is 41.3 Å². The maximum atomic E-state index is 12.1. The fraction of sp³-hybridized carbons (Fsp3) is 0.174. The van der Waals surface area contributed by atoms with Crippen molar-refractivity contribution in [2.24, 2.45) is 0 Å². The zero-order chi connectivity index (χ0) is 27.4. The molecule has 0 radical (unpaired) electrons. The topological polar surface area (TPSA) is 140 Å².